The highest BCUT2D eigenvalue weighted by molar-refractivity contribution is 5.61. The molecule has 1 aliphatic carbocycles. The van der Waals surface area contributed by atoms with Crippen LogP contribution in [0.4, 0.5) is 0 Å². The Morgan fingerprint density at radius 3 is 2.76 bits per heavy atom. The van der Waals surface area contributed by atoms with Crippen molar-refractivity contribution < 1.29 is 0 Å². The highest BCUT2D eigenvalue weighted by Gasteiger charge is 2.29. The number of aromatic nitrogens is 2. The molecule has 1 aromatic heterocycles. The van der Waals surface area contributed by atoms with Gasteiger partial charge in [0.15, 0.2) is 0 Å². The van der Waals surface area contributed by atoms with Crippen LogP contribution < -0.4 is 5.32 Å². The molecule has 0 saturated heterocycles. The van der Waals surface area contributed by atoms with Crippen LogP contribution in [0.1, 0.15) is 39.2 Å². The summed E-state index contributed by atoms with van der Waals surface area (Å²) in [5.41, 5.74) is 2.46. The minimum atomic E-state index is 0.478. The average Bonchev–Trinajstić information content (AvgIpc) is 3.00. The van der Waals surface area contributed by atoms with Crippen molar-refractivity contribution in [2.75, 3.05) is 6.54 Å². The largest absolute Gasteiger partial charge is 0.312 e. The van der Waals surface area contributed by atoms with Crippen molar-refractivity contribution in [3.63, 3.8) is 0 Å². The fourth-order valence-corrected chi connectivity index (χ4v) is 3.44. The molecule has 0 radical (unpaired) electrons. The fraction of sp³-hybridized carbons (Fsp3) is 0.500. The molecule has 1 saturated carbocycles. The maximum Gasteiger partial charge on any atom is 0.0674 e. The zero-order valence-corrected chi connectivity index (χ0v) is 13.0. The van der Waals surface area contributed by atoms with Crippen molar-refractivity contribution in [2.24, 2.45) is 5.92 Å². The van der Waals surface area contributed by atoms with E-state index in [-0.39, 0.29) is 0 Å². The summed E-state index contributed by atoms with van der Waals surface area (Å²) in [6.45, 7) is 5.58. The molecule has 2 aromatic rings. The van der Waals surface area contributed by atoms with E-state index in [1.54, 1.807) is 0 Å². The molecule has 112 valence electrons. The van der Waals surface area contributed by atoms with Gasteiger partial charge < -0.3 is 5.32 Å². The van der Waals surface area contributed by atoms with Crippen molar-refractivity contribution in [2.45, 2.75) is 45.2 Å². The van der Waals surface area contributed by atoms with E-state index in [9.17, 15) is 0 Å². The number of nitrogens with zero attached hydrogens (tertiary/aromatic N) is 2. The van der Waals surface area contributed by atoms with E-state index < -0.39 is 0 Å². The molecule has 0 spiro atoms. The fourth-order valence-electron chi connectivity index (χ4n) is 3.44. The van der Waals surface area contributed by atoms with Gasteiger partial charge in [-0.25, -0.2) is 0 Å². The second-order valence-electron chi connectivity index (χ2n) is 6.22. The molecule has 1 aliphatic rings. The zero-order chi connectivity index (χ0) is 14.7. The zero-order valence-electron chi connectivity index (χ0n) is 13.0. The Kier molecular flexibility index (Phi) is 4.39. The van der Waals surface area contributed by atoms with E-state index in [1.165, 1.54) is 30.4 Å². The number of hydrogen-bond donors (Lipinski definition) is 1. The van der Waals surface area contributed by atoms with Crippen LogP contribution in [0.3, 0.4) is 0 Å². The van der Waals surface area contributed by atoms with Crippen LogP contribution in [0.25, 0.3) is 11.1 Å². The van der Waals surface area contributed by atoms with E-state index in [0.717, 1.165) is 12.5 Å². The van der Waals surface area contributed by atoms with Gasteiger partial charge in [0.2, 0.25) is 0 Å². The van der Waals surface area contributed by atoms with Gasteiger partial charge in [-0.2, -0.15) is 5.10 Å². The average molecular weight is 283 g/mol. The lowest BCUT2D eigenvalue weighted by atomic mass is 9.83. The van der Waals surface area contributed by atoms with Crippen LogP contribution in [-0.4, -0.2) is 22.4 Å². The summed E-state index contributed by atoms with van der Waals surface area (Å²) in [5, 5.41) is 8.30. The minimum absolute atomic E-state index is 0.478. The molecular weight excluding hydrogens is 258 g/mol. The molecule has 1 fully saturated rings. The summed E-state index contributed by atoms with van der Waals surface area (Å²) in [6.07, 6.45) is 7.99. The Balaban J connectivity index is 1.83. The molecular formula is C18H25N3. The standard InChI is InChI=1S/C18H25N3/c1-3-19-17-10-9-14(2)11-18(17)21-13-16(12-20-21)15-7-5-4-6-8-15/h4-8,12-14,17-19H,3,9-11H2,1-2H3. The Morgan fingerprint density at radius 1 is 1.19 bits per heavy atom. The molecule has 0 amide bonds. The summed E-state index contributed by atoms with van der Waals surface area (Å²) in [7, 11) is 0. The third-order valence-corrected chi connectivity index (χ3v) is 4.59. The second-order valence-corrected chi connectivity index (χ2v) is 6.22. The molecule has 3 heteroatoms. The maximum absolute atomic E-state index is 4.66. The van der Waals surface area contributed by atoms with Crippen molar-refractivity contribution in [3.8, 4) is 11.1 Å². The van der Waals surface area contributed by atoms with Gasteiger partial charge in [-0.15, -0.1) is 0 Å². The third kappa shape index (κ3) is 3.18. The number of hydrogen-bond acceptors (Lipinski definition) is 2. The Bertz CT molecular complexity index is 561. The second kappa shape index (κ2) is 6.44. The van der Waals surface area contributed by atoms with Crippen LogP contribution in [0, 0.1) is 5.92 Å². The predicted octanol–water partition coefficient (Wildman–Crippen LogP) is 3.89. The first-order chi connectivity index (χ1) is 10.3. The van der Waals surface area contributed by atoms with Gasteiger partial charge in [0.05, 0.1) is 12.2 Å². The van der Waals surface area contributed by atoms with Gasteiger partial charge >= 0.3 is 0 Å². The number of likely N-dealkylation sites (N-methyl/N-ethyl adjacent to an activating group) is 1. The van der Waals surface area contributed by atoms with Crippen LogP contribution in [-0.2, 0) is 0 Å². The third-order valence-electron chi connectivity index (χ3n) is 4.59. The molecule has 21 heavy (non-hydrogen) atoms. The summed E-state index contributed by atoms with van der Waals surface area (Å²) < 4.78 is 2.19. The van der Waals surface area contributed by atoms with E-state index in [0.29, 0.717) is 12.1 Å². The van der Waals surface area contributed by atoms with Crippen LogP contribution >= 0.6 is 0 Å². The number of nitrogens with one attached hydrogen (secondary N) is 1. The SMILES string of the molecule is CCNC1CCC(C)CC1n1cc(-c2ccccc2)cn1. The maximum atomic E-state index is 4.66. The summed E-state index contributed by atoms with van der Waals surface area (Å²) in [6, 6.07) is 11.5. The molecule has 1 heterocycles. The molecule has 3 rings (SSSR count). The first-order valence-corrected chi connectivity index (χ1v) is 8.11. The summed E-state index contributed by atoms with van der Waals surface area (Å²) >= 11 is 0. The number of rotatable bonds is 4. The summed E-state index contributed by atoms with van der Waals surface area (Å²) in [4.78, 5) is 0. The molecule has 1 aromatic carbocycles. The lowest BCUT2D eigenvalue weighted by Crippen LogP contribution is -2.41. The topological polar surface area (TPSA) is 29.9 Å². The monoisotopic (exact) mass is 283 g/mol. The van der Waals surface area contributed by atoms with Crippen LogP contribution in [0.2, 0.25) is 0 Å². The highest BCUT2D eigenvalue weighted by Crippen LogP contribution is 2.33. The van der Waals surface area contributed by atoms with Crippen molar-refractivity contribution >= 4 is 0 Å². The van der Waals surface area contributed by atoms with E-state index in [4.69, 9.17) is 0 Å². The van der Waals surface area contributed by atoms with E-state index >= 15 is 0 Å². The minimum Gasteiger partial charge on any atom is -0.312 e. The van der Waals surface area contributed by atoms with E-state index in [2.05, 4.69) is 65.5 Å². The predicted molar refractivity (Wildman–Crippen MR) is 87.2 cm³/mol. The van der Waals surface area contributed by atoms with Gasteiger partial charge in [-0.05, 0) is 37.3 Å². The Labute approximate surface area is 127 Å². The summed E-state index contributed by atoms with van der Waals surface area (Å²) in [5.74, 6) is 0.786. The number of benzene rings is 1. The van der Waals surface area contributed by atoms with Gasteiger partial charge in [0, 0.05) is 17.8 Å². The highest BCUT2D eigenvalue weighted by atomic mass is 15.3. The first-order valence-electron chi connectivity index (χ1n) is 8.11. The lowest BCUT2D eigenvalue weighted by molar-refractivity contribution is 0.205. The normalized spacial score (nSPS) is 25.9. The van der Waals surface area contributed by atoms with Gasteiger partial charge in [-0.3, -0.25) is 4.68 Å². The molecule has 0 aliphatic heterocycles. The van der Waals surface area contributed by atoms with Crippen molar-refractivity contribution in [1.82, 2.24) is 15.1 Å². The van der Waals surface area contributed by atoms with Crippen molar-refractivity contribution in [1.29, 1.82) is 0 Å². The molecule has 3 unspecified atom stereocenters. The van der Waals surface area contributed by atoms with Gasteiger partial charge in [0.25, 0.3) is 0 Å². The van der Waals surface area contributed by atoms with Gasteiger partial charge in [-0.1, -0.05) is 44.2 Å². The Hall–Kier alpha value is -1.61. The Morgan fingerprint density at radius 2 is 2.00 bits per heavy atom. The molecule has 3 atom stereocenters. The van der Waals surface area contributed by atoms with Crippen LogP contribution in [0.15, 0.2) is 42.7 Å². The lowest BCUT2D eigenvalue weighted by Gasteiger charge is -2.35. The smallest absolute Gasteiger partial charge is 0.0674 e. The van der Waals surface area contributed by atoms with Gasteiger partial charge in [0.1, 0.15) is 0 Å². The molecule has 3 nitrogen and oxygen atoms in total. The van der Waals surface area contributed by atoms with E-state index in [1.807, 2.05) is 6.20 Å². The quantitative estimate of drug-likeness (QED) is 0.922. The first kappa shape index (κ1) is 14.3. The molecule has 0 bridgehead atoms. The van der Waals surface area contributed by atoms with Crippen LogP contribution in [0.5, 0.6) is 0 Å². The molecule has 1 N–H and O–H groups in total. The van der Waals surface area contributed by atoms with Crippen molar-refractivity contribution in [3.05, 3.63) is 42.7 Å².